The van der Waals surface area contributed by atoms with Crippen molar-refractivity contribution in [2.45, 2.75) is 76.7 Å². The Balaban J connectivity index is 0.00000385. The van der Waals surface area contributed by atoms with E-state index in [9.17, 15) is 0 Å². The lowest BCUT2D eigenvalue weighted by molar-refractivity contribution is 0.241. The largest absolute Gasteiger partial charge is 0.324 e. The van der Waals surface area contributed by atoms with E-state index in [0.717, 1.165) is 19.3 Å². The average molecular weight is 509 g/mol. The van der Waals surface area contributed by atoms with E-state index >= 15 is 0 Å². The molecular weight excluding hydrogens is 466 g/mol. The highest BCUT2D eigenvalue weighted by atomic mass is 79.9. The molecule has 0 spiro atoms. The molecule has 0 aromatic heterocycles. The first-order valence-corrected chi connectivity index (χ1v) is 12.6. The van der Waals surface area contributed by atoms with Gasteiger partial charge in [-0.3, -0.25) is 0 Å². The third kappa shape index (κ3) is 9.47. The SMILES string of the molecule is Br.CCCCCCCCC(Cc1ccccc1)C(N)(Cc1ccccc1)Cc1ccccc1. The van der Waals surface area contributed by atoms with Crippen LogP contribution in [0.2, 0.25) is 0 Å². The molecule has 1 atom stereocenters. The molecule has 1 unspecified atom stereocenters. The van der Waals surface area contributed by atoms with Crippen LogP contribution < -0.4 is 5.73 Å². The maximum Gasteiger partial charge on any atom is 0.0267 e. The van der Waals surface area contributed by atoms with Crippen LogP contribution in [-0.4, -0.2) is 5.54 Å². The van der Waals surface area contributed by atoms with E-state index in [1.807, 2.05) is 0 Å². The van der Waals surface area contributed by atoms with Gasteiger partial charge < -0.3 is 5.73 Å². The van der Waals surface area contributed by atoms with Gasteiger partial charge in [0, 0.05) is 5.54 Å². The second-order valence-corrected chi connectivity index (χ2v) is 9.50. The van der Waals surface area contributed by atoms with Gasteiger partial charge in [0.1, 0.15) is 0 Å². The molecule has 178 valence electrons. The van der Waals surface area contributed by atoms with Crippen LogP contribution in [0.3, 0.4) is 0 Å². The highest BCUT2D eigenvalue weighted by Gasteiger charge is 2.35. The van der Waals surface area contributed by atoms with E-state index in [2.05, 4.69) is 97.9 Å². The van der Waals surface area contributed by atoms with Crippen LogP contribution in [-0.2, 0) is 19.3 Å². The van der Waals surface area contributed by atoms with Gasteiger partial charge >= 0.3 is 0 Å². The average Bonchev–Trinajstić information content (AvgIpc) is 2.82. The Bertz CT molecular complexity index is 822. The Hall–Kier alpha value is -1.90. The summed E-state index contributed by atoms with van der Waals surface area (Å²) in [6.07, 6.45) is 12.0. The van der Waals surface area contributed by atoms with Crippen LogP contribution in [0.15, 0.2) is 91.0 Å². The van der Waals surface area contributed by atoms with Gasteiger partial charge in [-0.15, -0.1) is 17.0 Å². The summed E-state index contributed by atoms with van der Waals surface area (Å²) in [7, 11) is 0. The number of nitrogens with two attached hydrogens (primary N) is 1. The van der Waals surface area contributed by atoms with E-state index in [1.165, 1.54) is 61.6 Å². The zero-order valence-electron chi connectivity index (χ0n) is 20.3. The molecule has 3 aromatic carbocycles. The molecule has 0 amide bonds. The predicted octanol–water partition coefficient (Wildman–Crippen LogP) is 8.36. The van der Waals surface area contributed by atoms with Gasteiger partial charge in [-0.2, -0.15) is 0 Å². The summed E-state index contributed by atoms with van der Waals surface area (Å²) < 4.78 is 0. The number of hydrogen-bond acceptors (Lipinski definition) is 1. The maximum absolute atomic E-state index is 7.42. The predicted molar refractivity (Wildman–Crippen MR) is 149 cm³/mol. The van der Waals surface area contributed by atoms with Gasteiger partial charge in [0.25, 0.3) is 0 Å². The fourth-order valence-corrected chi connectivity index (χ4v) is 4.97. The minimum atomic E-state index is -0.276. The van der Waals surface area contributed by atoms with Crippen LogP contribution in [0.25, 0.3) is 0 Å². The Morgan fingerprint density at radius 3 is 1.52 bits per heavy atom. The van der Waals surface area contributed by atoms with Crippen LogP contribution in [0.4, 0.5) is 0 Å². The smallest absolute Gasteiger partial charge is 0.0267 e. The Morgan fingerprint density at radius 2 is 1.03 bits per heavy atom. The Labute approximate surface area is 212 Å². The molecule has 2 heteroatoms. The first-order valence-electron chi connectivity index (χ1n) is 12.6. The monoisotopic (exact) mass is 507 g/mol. The molecule has 0 radical (unpaired) electrons. The summed E-state index contributed by atoms with van der Waals surface area (Å²) in [5.41, 5.74) is 11.2. The van der Waals surface area contributed by atoms with Crippen molar-refractivity contribution in [3.05, 3.63) is 108 Å². The number of benzene rings is 3. The van der Waals surface area contributed by atoms with E-state index < -0.39 is 0 Å². The summed E-state index contributed by atoms with van der Waals surface area (Å²) in [5.74, 6) is 0.441. The van der Waals surface area contributed by atoms with E-state index in [0.29, 0.717) is 5.92 Å². The van der Waals surface area contributed by atoms with Crippen molar-refractivity contribution in [3.63, 3.8) is 0 Å². The van der Waals surface area contributed by atoms with E-state index in [1.54, 1.807) is 0 Å². The standard InChI is InChI=1S/C31H41N.BrH/c1-2-3-4-5-6-16-23-30(24-27-17-10-7-11-18-27)31(32,25-28-19-12-8-13-20-28)26-29-21-14-9-15-22-29;/h7-15,17-22,30H,2-6,16,23-26,32H2,1H3;1H. The zero-order valence-corrected chi connectivity index (χ0v) is 22.0. The van der Waals surface area contributed by atoms with Crippen molar-refractivity contribution in [2.24, 2.45) is 11.7 Å². The lowest BCUT2D eigenvalue weighted by atomic mass is 9.71. The van der Waals surface area contributed by atoms with E-state index in [-0.39, 0.29) is 22.5 Å². The second-order valence-electron chi connectivity index (χ2n) is 9.50. The fourth-order valence-electron chi connectivity index (χ4n) is 4.97. The summed E-state index contributed by atoms with van der Waals surface area (Å²) in [4.78, 5) is 0. The lowest BCUT2D eigenvalue weighted by Gasteiger charge is -2.39. The molecule has 0 heterocycles. The molecule has 0 saturated heterocycles. The molecule has 1 nitrogen and oxygen atoms in total. The quantitative estimate of drug-likeness (QED) is 0.218. The van der Waals surface area contributed by atoms with Gasteiger partial charge in [-0.1, -0.05) is 136 Å². The maximum atomic E-state index is 7.42. The van der Waals surface area contributed by atoms with Gasteiger partial charge in [-0.05, 0) is 48.3 Å². The van der Waals surface area contributed by atoms with Gasteiger partial charge in [0.2, 0.25) is 0 Å². The fraction of sp³-hybridized carbons (Fsp3) is 0.419. The van der Waals surface area contributed by atoms with E-state index in [4.69, 9.17) is 5.73 Å². The minimum Gasteiger partial charge on any atom is -0.324 e. The molecule has 3 rings (SSSR count). The number of hydrogen-bond donors (Lipinski definition) is 1. The minimum absolute atomic E-state index is 0. The van der Waals surface area contributed by atoms with Gasteiger partial charge in [0.15, 0.2) is 0 Å². The second kappa shape index (κ2) is 15.1. The van der Waals surface area contributed by atoms with Crippen molar-refractivity contribution in [2.75, 3.05) is 0 Å². The topological polar surface area (TPSA) is 26.0 Å². The van der Waals surface area contributed by atoms with Crippen molar-refractivity contribution in [1.29, 1.82) is 0 Å². The normalized spacial score (nSPS) is 12.2. The van der Waals surface area contributed by atoms with Crippen LogP contribution in [0, 0.1) is 5.92 Å². The molecule has 0 bridgehead atoms. The molecule has 3 aromatic rings. The first kappa shape index (κ1) is 27.3. The molecule has 33 heavy (non-hydrogen) atoms. The van der Waals surface area contributed by atoms with Crippen molar-refractivity contribution in [3.8, 4) is 0 Å². The summed E-state index contributed by atoms with van der Waals surface area (Å²) in [6, 6.07) is 32.6. The van der Waals surface area contributed by atoms with Crippen LogP contribution >= 0.6 is 17.0 Å². The highest BCUT2D eigenvalue weighted by molar-refractivity contribution is 8.93. The number of halogens is 1. The molecule has 0 aliphatic carbocycles. The molecule has 2 N–H and O–H groups in total. The molecule has 0 saturated carbocycles. The zero-order chi connectivity index (χ0) is 22.5. The highest BCUT2D eigenvalue weighted by Crippen LogP contribution is 2.32. The molecule has 0 aliphatic rings. The molecular formula is C31H42BrN. The van der Waals surface area contributed by atoms with Crippen molar-refractivity contribution < 1.29 is 0 Å². The third-order valence-corrected chi connectivity index (χ3v) is 6.80. The Kier molecular flexibility index (Phi) is 12.5. The summed E-state index contributed by atoms with van der Waals surface area (Å²) in [5, 5.41) is 0. The third-order valence-electron chi connectivity index (χ3n) is 6.80. The molecule has 0 fully saturated rings. The Morgan fingerprint density at radius 1 is 0.606 bits per heavy atom. The van der Waals surface area contributed by atoms with Crippen LogP contribution in [0.1, 0.15) is 68.6 Å². The van der Waals surface area contributed by atoms with Gasteiger partial charge in [-0.25, -0.2) is 0 Å². The summed E-state index contributed by atoms with van der Waals surface area (Å²) >= 11 is 0. The van der Waals surface area contributed by atoms with Crippen molar-refractivity contribution >= 4 is 17.0 Å². The van der Waals surface area contributed by atoms with Crippen LogP contribution in [0.5, 0.6) is 0 Å². The number of unbranched alkanes of at least 4 members (excludes halogenated alkanes) is 5. The van der Waals surface area contributed by atoms with Gasteiger partial charge in [0.05, 0.1) is 0 Å². The lowest BCUT2D eigenvalue weighted by Crippen LogP contribution is -2.52. The molecule has 0 aliphatic heterocycles. The van der Waals surface area contributed by atoms with Crippen molar-refractivity contribution in [1.82, 2.24) is 0 Å². The first-order chi connectivity index (χ1) is 15.7. The number of rotatable bonds is 14. The summed E-state index contributed by atoms with van der Waals surface area (Å²) in [6.45, 7) is 2.28.